The van der Waals surface area contributed by atoms with Crippen molar-refractivity contribution in [2.45, 2.75) is 5.75 Å². The standard InChI is InChI=1S/C20H20FN3OS2/c1-25-18-9-8-17(15-6-4-10-22-19(15)18)24-20(26)23-11-12-27-13-14-5-2-3-7-16(14)21/h2-10H,11-13H2,1H3,(H2,23,24,26). The Kier molecular flexibility index (Phi) is 6.84. The van der Waals surface area contributed by atoms with E-state index < -0.39 is 0 Å². The second-order valence-electron chi connectivity index (χ2n) is 5.74. The van der Waals surface area contributed by atoms with Crippen molar-refractivity contribution in [3.63, 3.8) is 0 Å². The smallest absolute Gasteiger partial charge is 0.170 e. The van der Waals surface area contributed by atoms with Gasteiger partial charge in [0.15, 0.2) is 5.11 Å². The van der Waals surface area contributed by atoms with Crippen molar-refractivity contribution >= 4 is 45.7 Å². The lowest BCUT2D eigenvalue weighted by molar-refractivity contribution is 0.419. The molecule has 0 saturated heterocycles. The van der Waals surface area contributed by atoms with Crippen LogP contribution < -0.4 is 15.4 Å². The molecule has 0 aliphatic carbocycles. The fourth-order valence-corrected chi connectivity index (χ4v) is 3.68. The van der Waals surface area contributed by atoms with E-state index in [1.54, 1.807) is 31.1 Å². The molecule has 0 amide bonds. The van der Waals surface area contributed by atoms with Crippen LogP contribution in [0.1, 0.15) is 5.56 Å². The molecular weight excluding hydrogens is 381 g/mol. The predicted octanol–water partition coefficient (Wildman–Crippen LogP) is 4.60. The van der Waals surface area contributed by atoms with E-state index >= 15 is 0 Å². The van der Waals surface area contributed by atoms with Crippen LogP contribution in [0.3, 0.4) is 0 Å². The minimum absolute atomic E-state index is 0.157. The number of fused-ring (bicyclic) bond motifs is 1. The van der Waals surface area contributed by atoms with Crippen LogP contribution in [0, 0.1) is 5.82 Å². The highest BCUT2D eigenvalue weighted by Crippen LogP contribution is 2.29. The molecule has 2 aromatic carbocycles. The summed E-state index contributed by atoms with van der Waals surface area (Å²) in [4.78, 5) is 4.38. The number of halogens is 1. The molecule has 3 rings (SSSR count). The van der Waals surface area contributed by atoms with E-state index in [1.807, 2.05) is 36.4 Å². The zero-order valence-corrected chi connectivity index (χ0v) is 16.5. The number of ether oxygens (including phenoxy) is 1. The van der Waals surface area contributed by atoms with Crippen LogP contribution in [0.2, 0.25) is 0 Å². The van der Waals surface area contributed by atoms with Gasteiger partial charge in [-0.1, -0.05) is 18.2 Å². The molecule has 0 atom stereocenters. The third-order valence-electron chi connectivity index (χ3n) is 3.95. The Labute approximate surface area is 167 Å². The maximum atomic E-state index is 13.6. The first-order chi connectivity index (χ1) is 13.2. The van der Waals surface area contributed by atoms with Crippen LogP contribution in [0.5, 0.6) is 5.75 Å². The van der Waals surface area contributed by atoms with Crippen molar-refractivity contribution in [3.05, 3.63) is 66.1 Å². The summed E-state index contributed by atoms with van der Waals surface area (Å²) in [5, 5.41) is 7.87. The van der Waals surface area contributed by atoms with E-state index in [-0.39, 0.29) is 5.82 Å². The molecule has 27 heavy (non-hydrogen) atoms. The zero-order valence-electron chi connectivity index (χ0n) is 14.9. The number of thioether (sulfide) groups is 1. The SMILES string of the molecule is COc1ccc(NC(=S)NCCSCc2ccccc2F)c2cccnc12. The quantitative estimate of drug-likeness (QED) is 0.446. The summed E-state index contributed by atoms with van der Waals surface area (Å²) in [5.74, 6) is 2.03. The Bertz CT molecular complexity index is 936. The molecule has 1 aromatic heterocycles. The number of aromatic nitrogens is 1. The number of methoxy groups -OCH3 is 1. The van der Waals surface area contributed by atoms with Crippen molar-refractivity contribution in [1.82, 2.24) is 10.3 Å². The molecule has 0 saturated carbocycles. The molecule has 0 bridgehead atoms. The average Bonchev–Trinajstić information content (AvgIpc) is 2.69. The number of hydrogen-bond donors (Lipinski definition) is 2. The van der Waals surface area contributed by atoms with Gasteiger partial charge in [0, 0.05) is 35.3 Å². The Morgan fingerprint density at radius 1 is 1.19 bits per heavy atom. The molecule has 0 aliphatic heterocycles. The van der Waals surface area contributed by atoms with Gasteiger partial charge in [0.25, 0.3) is 0 Å². The van der Waals surface area contributed by atoms with E-state index in [1.165, 1.54) is 6.07 Å². The zero-order chi connectivity index (χ0) is 19.1. The minimum Gasteiger partial charge on any atom is -0.494 e. The molecule has 1 heterocycles. The molecule has 0 unspecified atom stereocenters. The lowest BCUT2D eigenvalue weighted by atomic mass is 10.1. The van der Waals surface area contributed by atoms with Crippen molar-refractivity contribution in [2.75, 3.05) is 24.7 Å². The maximum Gasteiger partial charge on any atom is 0.170 e. The van der Waals surface area contributed by atoms with Crippen LogP contribution in [0.4, 0.5) is 10.1 Å². The first-order valence-electron chi connectivity index (χ1n) is 8.47. The normalized spacial score (nSPS) is 10.6. The average molecular weight is 402 g/mol. The minimum atomic E-state index is -0.157. The summed E-state index contributed by atoms with van der Waals surface area (Å²) >= 11 is 7.04. The summed E-state index contributed by atoms with van der Waals surface area (Å²) < 4.78 is 18.9. The van der Waals surface area contributed by atoms with Crippen LogP contribution in [0.15, 0.2) is 54.7 Å². The summed E-state index contributed by atoms with van der Waals surface area (Å²) in [6, 6.07) is 14.5. The Morgan fingerprint density at radius 2 is 2.04 bits per heavy atom. The van der Waals surface area contributed by atoms with Crippen molar-refractivity contribution < 1.29 is 9.13 Å². The highest BCUT2D eigenvalue weighted by Gasteiger charge is 2.08. The van der Waals surface area contributed by atoms with Gasteiger partial charge in [0.05, 0.1) is 7.11 Å². The largest absolute Gasteiger partial charge is 0.494 e. The number of thiocarbonyl (C=S) groups is 1. The van der Waals surface area contributed by atoms with Gasteiger partial charge >= 0.3 is 0 Å². The van der Waals surface area contributed by atoms with Crippen molar-refractivity contribution in [1.29, 1.82) is 0 Å². The number of pyridine rings is 1. The Hall–Kier alpha value is -2.38. The van der Waals surface area contributed by atoms with Gasteiger partial charge in [-0.2, -0.15) is 11.8 Å². The lowest BCUT2D eigenvalue weighted by Gasteiger charge is -2.13. The van der Waals surface area contributed by atoms with Gasteiger partial charge in [-0.15, -0.1) is 0 Å². The van der Waals surface area contributed by atoms with Gasteiger partial charge < -0.3 is 15.4 Å². The first kappa shape index (κ1) is 19.4. The maximum absolute atomic E-state index is 13.6. The molecule has 0 radical (unpaired) electrons. The van der Waals surface area contributed by atoms with Gasteiger partial charge in [0.2, 0.25) is 0 Å². The lowest BCUT2D eigenvalue weighted by Crippen LogP contribution is -2.30. The number of rotatable bonds is 7. The van der Waals surface area contributed by atoms with E-state index in [2.05, 4.69) is 15.6 Å². The number of hydrogen-bond acceptors (Lipinski definition) is 4. The second kappa shape index (κ2) is 9.53. The number of nitrogens with zero attached hydrogens (tertiary/aromatic N) is 1. The molecule has 2 N–H and O–H groups in total. The Morgan fingerprint density at radius 3 is 2.85 bits per heavy atom. The summed E-state index contributed by atoms with van der Waals surface area (Å²) in [6.07, 6.45) is 1.73. The molecule has 0 fully saturated rings. The topological polar surface area (TPSA) is 46.2 Å². The fraction of sp³-hybridized carbons (Fsp3) is 0.200. The van der Waals surface area contributed by atoms with Crippen LogP contribution in [-0.2, 0) is 5.75 Å². The number of nitrogens with one attached hydrogen (secondary N) is 2. The molecule has 7 heteroatoms. The van der Waals surface area contributed by atoms with Crippen molar-refractivity contribution in [2.24, 2.45) is 0 Å². The second-order valence-corrected chi connectivity index (χ2v) is 7.25. The van der Waals surface area contributed by atoms with E-state index in [0.717, 1.165) is 33.7 Å². The van der Waals surface area contributed by atoms with Gasteiger partial charge in [0.1, 0.15) is 17.1 Å². The fourth-order valence-electron chi connectivity index (χ4n) is 2.62. The van der Waals surface area contributed by atoms with Crippen LogP contribution in [-0.4, -0.2) is 29.5 Å². The highest BCUT2D eigenvalue weighted by molar-refractivity contribution is 7.98. The number of benzene rings is 2. The van der Waals surface area contributed by atoms with E-state index in [9.17, 15) is 4.39 Å². The Balaban J connectivity index is 1.50. The molecular formula is C20H20FN3OS2. The van der Waals surface area contributed by atoms with E-state index in [4.69, 9.17) is 17.0 Å². The monoisotopic (exact) mass is 401 g/mol. The molecule has 3 aromatic rings. The number of anilines is 1. The van der Waals surface area contributed by atoms with Crippen molar-refractivity contribution in [3.8, 4) is 5.75 Å². The highest BCUT2D eigenvalue weighted by atomic mass is 32.2. The van der Waals surface area contributed by atoms with E-state index in [0.29, 0.717) is 17.4 Å². The van der Waals surface area contributed by atoms with Gasteiger partial charge in [-0.05, 0) is 48.1 Å². The molecule has 140 valence electrons. The summed E-state index contributed by atoms with van der Waals surface area (Å²) in [7, 11) is 1.63. The predicted molar refractivity (Wildman–Crippen MR) is 115 cm³/mol. The van der Waals surface area contributed by atoms with Gasteiger partial charge in [-0.3, -0.25) is 4.98 Å². The summed E-state index contributed by atoms with van der Waals surface area (Å²) in [5.41, 5.74) is 2.38. The molecule has 0 aliphatic rings. The molecule has 0 spiro atoms. The summed E-state index contributed by atoms with van der Waals surface area (Å²) in [6.45, 7) is 0.692. The van der Waals surface area contributed by atoms with Crippen LogP contribution in [0.25, 0.3) is 10.9 Å². The third-order valence-corrected chi connectivity index (χ3v) is 5.20. The third kappa shape index (κ3) is 5.08. The molecule has 4 nitrogen and oxygen atoms in total. The van der Waals surface area contributed by atoms with Crippen LogP contribution >= 0.6 is 24.0 Å². The van der Waals surface area contributed by atoms with Gasteiger partial charge in [-0.25, -0.2) is 4.39 Å². The first-order valence-corrected chi connectivity index (χ1v) is 10.0.